The van der Waals surface area contributed by atoms with E-state index in [2.05, 4.69) is 4.90 Å². The van der Waals surface area contributed by atoms with Gasteiger partial charge >= 0.3 is 0 Å². The summed E-state index contributed by atoms with van der Waals surface area (Å²) in [6.45, 7) is 2.26. The number of nitrogens with zero attached hydrogens (tertiary/aromatic N) is 1. The van der Waals surface area contributed by atoms with Crippen LogP contribution in [-0.4, -0.2) is 53.3 Å². The normalized spacial score (nSPS) is 20.7. The van der Waals surface area contributed by atoms with Crippen LogP contribution in [0.15, 0.2) is 54.6 Å². The summed E-state index contributed by atoms with van der Waals surface area (Å²) in [5.74, 6) is 0.608. The summed E-state index contributed by atoms with van der Waals surface area (Å²) in [4.78, 5) is 14.2. The number of rotatable bonds is 7. The average molecular weight is 355 g/mol. The summed E-state index contributed by atoms with van der Waals surface area (Å²) >= 11 is 0. The molecule has 3 rings (SSSR count). The summed E-state index contributed by atoms with van der Waals surface area (Å²) in [6.07, 6.45) is 0.334. The van der Waals surface area contributed by atoms with Crippen LogP contribution in [0.3, 0.4) is 0 Å². The van der Waals surface area contributed by atoms with E-state index < -0.39 is 6.10 Å². The minimum atomic E-state index is -0.472. The van der Waals surface area contributed by atoms with Gasteiger partial charge in [-0.25, -0.2) is 0 Å². The van der Waals surface area contributed by atoms with E-state index in [1.165, 1.54) is 0 Å². The maximum atomic E-state index is 12.1. The van der Waals surface area contributed by atoms with E-state index in [0.29, 0.717) is 17.9 Å². The summed E-state index contributed by atoms with van der Waals surface area (Å²) in [6, 6.07) is 16.8. The molecule has 2 aromatic rings. The van der Waals surface area contributed by atoms with Crippen molar-refractivity contribution >= 4 is 5.78 Å². The highest BCUT2D eigenvalue weighted by Crippen LogP contribution is 2.20. The molecule has 0 saturated carbocycles. The van der Waals surface area contributed by atoms with Gasteiger partial charge in [-0.15, -0.1) is 0 Å². The van der Waals surface area contributed by atoms with Gasteiger partial charge in [0.25, 0.3) is 0 Å². The van der Waals surface area contributed by atoms with Gasteiger partial charge in [0.05, 0.1) is 6.10 Å². The third-order valence-electron chi connectivity index (χ3n) is 4.84. The number of hydrogen-bond acceptors (Lipinski definition) is 5. The molecule has 0 aromatic heterocycles. The van der Waals surface area contributed by atoms with Gasteiger partial charge in [0.1, 0.15) is 5.75 Å². The van der Waals surface area contributed by atoms with Crippen molar-refractivity contribution in [1.29, 1.82) is 0 Å². The molecule has 0 spiro atoms. The second-order valence-electron chi connectivity index (χ2n) is 6.76. The van der Waals surface area contributed by atoms with Gasteiger partial charge in [-0.2, -0.15) is 0 Å². The van der Waals surface area contributed by atoms with Crippen molar-refractivity contribution < 1.29 is 19.7 Å². The van der Waals surface area contributed by atoms with Crippen LogP contribution >= 0.6 is 0 Å². The van der Waals surface area contributed by atoms with Gasteiger partial charge < -0.3 is 14.9 Å². The number of carbonyl (C=O) groups excluding carboxylic acids is 1. The average Bonchev–Trinajstić information content (AvgIpc) is 2.68. The lowest BCUT2D eigenvalue weighted by Crippen LogP contribution is -2.44. The minimum Gasteiger partial charge on any atom is -0.485 e. The molecule has 0 aliphatic carbocycles. The molecule has 2 aromatic carbocycles. The quantitative estimate of drug-likeness (QED) is 0.745. The lowest BCUT2D eigenvalue weighted by Gasteiger charge is -2.35. The van der Waals surface area contributed by atoms with Crippen LogP contribution < -0.4 is 4.74 Å². The second-order valence-corrected chi connectivity index (χ2v) is 6.76. The molecule has 5 heteroatoms. The van der Waals surface area contributed by atoms with E-state index >= 15 is 0 Å². The molecule has 0 radical (unpaired) electrons. The molecule has 1 saturated heterocycles. The van der Waals surface area contributed by atoms with E-state index in [4.69, 9.17) is 4.74 Å². The molecule has 1 aliphatic heterocycles. The monoisotopic (exact) mass is 355 g/mol. The van der Waals surface area contributed by atoms with E-state index in [9.17, 15) is 15.0 Å². The molecule has 1 aliphatic rings. The van der Waals surface area contributed by atoms with Crippen molar-refractivity contribution in [2.75, 3.05) is 26.3 Å². The zero-order valence-corrected chi connectivity index (χ0v) is 14.8. The number of aliphatic hydroxyl groups excluding tert-OH is 2. The number of ether oxygens (including phenoxy) is 1. The Morgan fingerprint density at radius 3 is 2.50 bits per heavy atom. The van der Waals surface area contributed by atoms with Crippen LogP contribution in [0.5, 0.6) is 5.75 Å². The highest BCUT2D eigenvalue weighted by Gasteiger charge is 2.26. The number of likely N-dealkylation sites (tertiary alicyclic amines) is 1. The van der Waals surface area contributed by atoms with Crippen LogP contribution in [0, 0.1) is 5.92 Å². The zero-order valence-electron chi connectivity index (χ0n) is 14.8. The lowest BCUT2D eigenvalue weighted by molar-refractivity contribution is -0.00444. The number of piperidine rings is 1. The molecule has 138 valence electrons. The summed E-state index contributed by atoms with van der Waals surface area (Å²) < 4.78 is 5.58. The Balaban J connectivity index is 1.49. The summed E-state index contributed by atoms with van der Waals surface area (Å²) in [7, 11) is 0. The largest absolute Gasteiger partial charge is 0.485 e. The van der Waals surface area contributed by atoms with E-state index in [1.54, 1.807) is 12.1 Å². The fourth-order valence-electron chi connectivity index (χ4n) is 3.21. The van der Waals surface area contributed by atoms with Gasteiger partial charge in [0.15, 0.2) is 12.4 Å². The van der Waals surface area contributed by atoms with Crippen molar-refractivity contribution in [2.45, 2.75) is 19.1 Å². The van der Waals surface area contributed by atoms with E-state index in [1.807, 2.05) is 42.5 Å². The van der Waals surface area contributed by atoms with Crippen molar-refractivity contribution in [2.24, 2.45) is 5.92 Å². The van der Waals surface area contributed by atoms with Crippen LogP contribution in [0.2, 0.25) is 0 Å². The van der Waals surface area contributed by atoms with Gasteiger partial charge in [-0.3, -0.25) is 9.69 Å². The number of ketones is 1. The fourth-order valence-corrected chi connectivity index (χ4v) is 3.21. The molecule has 2 atom stereocenters. The second kappa shape index (κ2) is 8.94. The Labute approximate surface area is 153 Å². The van der Waals surface area contributed by atoms with E-state index in [-0.39, 0.29) is 24.9 Å². The van der Waals surface area contributed by atoms with Crippen LogP contribution in [-0.2, 0) is 6.54 Å². The highest BCUT2D eigenvalue weighted by atomic mass is 16.5. The summed E-state index contributed by atoms with van der Waals surface area (Å²) in [5, 5.41) is 19.2. The standard InChI is InChI=1S/C21H25NO4/c23-14-18-10-11-22(13-20(18)24)12-16-6-8-19(9-7-16)26-15-21(25)17-4-2-1-3-5-17/h1-9,18,20,23-24H,10-15H2/t18-,20+/m1/s1. The van der Waals surface area contributed by atoms with Crippen LogP contribution in [0.25, 0.3) is 0 Å². The molecule has 0 bridgehead atoms. The maximum Gasteiger partial charge on any atom is 0.200 e. The smallest absolute Gasteiger partial charge is 0.200 e. The van der Waals surface area contributed by atoms with Crippen LogP contribution in [0.1, 0.15) is 22.3 Å². The van der Waals surface area contributed by atoms with Gasteiger partial charge in [0, 0.05) is 31.2 Å². The number of hydrogen-bond donors (Lipinski definition) is 2. The van der Waals surface area contributed by atoms with Crippen LogP contribution in [0.4, 0.5) is 0 Å². The summed E-state index contributed by atoms with van der Waals surface area (Å²) in [5.41, 5.74) is 1.77. The van der Waals surface area contributed by atoms with Gasteiger partial charge in [-0.1, -0.05) is 42.5 Å². The zero-order chi connectivity index (χ0) is 18.4. The first-order valence-corrected chi connectivity index (χ1v) is 8.97. The third-order valence-corrected chi connectivity index (χ3v) is 4.84. The fraction of sp³-hybridized carbons (Fsp3) is 0.381. The molecular weight excluding hydrogens is 330 g/mol. The van der Waals surface area contributed by atoms with E-state index in [0.717, 1.165) is 25.1 Å². The topological polar surface area (TPSA) is 70.0 Å². The lowest BCUT2D eigenvalue weighted by atomic mass is 9.94. The Morgan fingerprint density at radius 1 is 1.12 bits per heavy atom. The SMILES string of the molecule is O=C(COc1ccc(CN2CC[C@H](CO)[C@@H](O)C2)cc1)c1ccccc1. The molecular formula is C21H25NO4. The minimum absolute atomic E-state index is 0.0100. The number of β-amino-alcohol motifs (C(OH)–C–C–N with tert-alkyl or cyclic N) is 1. The predicted molar refractivity (Wildman–Crippen MR) is 99.2 cm³/mol. The first-order chi connectivity index (χ1) is 12.7. The number of Topliss-reactive ketones (excluding diaryl/α,β-unsaturated/α-hetero) is 1. The molecule has 2 N–H and O–H groups in total. The van der Waals surface area contributed by atoms with Crippen molar-refractivity contribution in [1.82, 2.24) is 4.90 Å². The Hall–Kier alpha value is -2.21. The molecule has 1 fully saturated rings. The van der Waals surface area contributed by atoms with Crippen molar-refractivity contribution in [3.05, 3.63) is 65.7 Å². The molecule has 26 heavy (non-hydrogen) atoms. The first kappa shape index (κ1) is 18.6. The van der Waals surface area contributed by atoms with Crippen molar-refractivity contribution in [3.8, 4) is 5.75 Å². The first-order valence-electron chi connectivity index (χ1n) is 8.97. The molecule has 5 nitrogen and oxygen atoms in total. The highest BCUT2D eigenvalue weighted by molar-refractivity contribution is 5.97. The molecule has 0 unspecified atom stereocenters. The number of benzene rings is 2. The molecule has 0 amide bonds. The Bertz CT molecular complexity index is 702. The third kappa shape index (κ3) is 4.91. The number of carbonyl (C=O) groups is 1. The predicted octanol–water partition coefficient (Wildman–Crippen LogP) is 2.12. The number of aliphatic hydroxyl groups is 2. The maximum absolute atomic E-state index is 12.1. The van der Waals surface area contributed by atoms with Crippen molar-refractivity contribution in [3.63, 3.8) is 0 Å². The Kier molecular flexibility index (Phi) is 6.39. The Morgan fingerprint density at radius 2 is 1.85 bits per heavy atom. The molecule has 1 heterocycles. The van der Waals surface area contributed by atoms with Gasteiger partial charge in [-0.05, 0) is 30.7 Å². The van der Waals surface area contributed by atoms with Gasteiger partial charge in [0.2, 0.25) is 0 Å².